The van der Waals surface area contributed by atoms with Gasteiger partial charge in [0.1, 0.15) is 9.28 Å². The molecule has 12 heavy (non-hydrogen) atoms. The van der Waals surface area contributed by atoms with Gasteiger partial charge in [0.2, 0.25) is 0 Å². The summed E-state index contributed by atoms with van der Waals surface area (Å²) in [5, 5.41) is -0.520. The predicted octanol–water partition coefficient (Wildman–Crippen LogP) is -4.97. The van der Waals surface area contributed by atoms with Crippen LogP contribution in [0.4, 0.5) is 0 Å². The number of hydrogen-bond acceptors (Lipinski definition) is 4. The van der Waals surface area contributed by atoms with Gasteiger partial charge in [0.15, 0.2) is 0 Å². The second kappa shape index (κ2) is 4.28. The Hall–Kier alpha value is 0.708. The molecule has 0 spiro atoms. The molecule has 6 N–H and O–H groups in total. The molecule has 4 nitrogen and oxygen atoms in total. The molecule has 0 aromatic carbocycles. The third-order valence-electron chi connectivity index (χ3n) is 2.66. The van der Waals surface area contributed by atoms with Crippen LogP contribution in [0.1, 0.15) is 6.92 Å². The SMILES string of the molecule is CC(N)C(N)(N)[SiH]1CO[SiH2][SiH2][SiH2]1. The van der Waals surface area contributed by atoms with Crippen LogP contribution >= 0.6 is 0 Å². The van der Waals surface area contributed by atoms with Crippen molar-refractivity contribution in [1.29, 1.82) is 0 Å². The first-order valence-electron chi connectivity index (χ1n) is 4.46. The van der Waals surface area contributed by atoms with Crippen LogP contribution in [0, 0.1) is 0 Å². The van der Waals surface area contributed by atoms with Crippen LogP contribution in [0.15, 0.2) is 0 Å². The lowest BCUT2D eigenvalue weighted by Gasteiger charge is -2.37. The molecule has 1 aliphatic heterocycles. The van der Waals surface area contributed by atoms with Crippen molar-refractivity contribution in [3.05, 3.63) is 0 Å². The molecule has 0 aliphatic carbocycles. The quantitative estimate of drug-likeness (QED) is 0.332. The zero-order valence-corrected chi connectivity index (χ0v) is 13.0. The van der Waals surface area contributed by atoms with Crippen LogP contribution < -0.4 is 17.2 Å². The third kappa shape index (κ3) is 2.35. The molecule has 0 amide bonds. The van der Waals surface area contributed by atoms with E-state index in [2.05, 4.69) is 0 Å². The second-order valence-electron chi connectivity index (χ2n) is 3.70. The van der Waals surface area contributed by atoms with Gasteiger partial charge in [-0.2, -0.15) is 0 Å². The molecular weight excluding hydrogens is 218 g/mol. The summed E-state index contributed by atoms with van der Waals surface area (Å²) in [5.41, 5.74) is 17.9. The van der Waals surface area contributed by atoms with Gasteiger partial charge in [-0.3, -0.25) is 0 Å². The van der Waals surface area contributed by atoms with Crippen LogP contribution in [0.5, 0.6) is 0 Å². The maximum Gasteiger partial charge on any atom is 0.139 e. The van der Waals surface area contributed by atoms with E-state index in [0.717, 1.165) is 6.23 Å². The molecule has 0 saturated carbocycles. The smallest absolute Gasteiger partial charge is 0.139 e. The molecule has 1 aliphatic rings. The van der Waals surface area contributed by atoms with Crippen LogP contribution in [0.25, 0.3) is 0 Å². The standard InChI is InChI=1S/C4H19N3OSi4/c1-3(5)4(6,7)12-2-8-9-10-11-12/h3,12H,2,5-7,9-11H2,1H3. The van der Waals surface area contributed by atoms with Crippen molar-refractivity contribution in [1.82, 2.24) is 0 Å². The molecule has 1 fully saturated rings. The van der Waals surface area contributed by atoms with Gasteiger partial charge in [-0.15, -0.1) is 0 Å². The molecule has 0 bridgehead atoms. The van der Waals surface area contributed by atoms with Gasteiger partial charge in [-0.25, -0.2) is 0 Å². The first kappa shape index (κ1) is 10.8. The summed E-state index contributed by atoms with van der Waals surface area (Å²) in [6, 6.07) is -0.0565. The van der Waals surface area contributed by atoms with Gasteiger partial charge in [0.05, 0.1) is 13.6 Å². The minimum Gasteiger partial charge on any atom is -0.432 e. The van der Waals surface area contributed by atoms with Crippen molar-refractivity contribution in [2.24, 2.45) is 17.2 Å². The molecule has 72 valence electrons. The molecule has 2 unspecified atom stereocenters. The highest BCUT2D eigenvalue weighted by Crippen LogP contribution is 2.04. The fourth-order valence-corrected chi connectivity index (χ4v) is 46.2. The Bertz CT molecular complexity index is 149. The molecule has 0 radical (unpaired) electrons. The van der Waals surface area contributed by atoms with Crippen molar-refractivity contribution in [3.8, 4) is 0 Å². The molecule has 1 saturated heterocycles. The lowest BCUT2D eigenvalue weighted by Crippen LogP contribution is -2.75. The van der Waals surface area contributed by atoms with E-state index in [1.165, 1.54) is 0 Å². The topological polar surface area (TPSA) is 87.3 Å². The Kier molecular flexibility index (Phi) is 3.85. The highest BCUT2D eigenvalue weighted by molar-refractivity contribution is 7.49. The number of hydrogen-bond donors (Lipinski definition) is 3. The van der Waals surface area contributed by atoms with E-state index < -0.39 is 13.6 Å². The summed E-state index contributed by atoms with van der Waals surface area (Å²) in [5.74, 6) is 0. The van der Waals surface area contributed by atoms with Crippen molar-refractivity contribution in [3.63, 3.8) is 0 Å². The van der Waals surface area contributed by atoms with Crippen LogP contribution in [-0.4, -0.2) is 52.3 Å². The molecule has 2 atom stereocenters. The molecule has 0 aromatic heterocycles. The summed E-state index contributed by atoms with van der Waals surface area (Å²) in [6.07, 6.45) is 0.944. The van der Waals surface area contributed by atoms with E-state index in [1.807, 2.05) is 6.92 Å². The molecule has 1 heterocycles. The van der Waals surface area contributed by atoms with Crippen LogP contribution in [0.3, 0.4) is 0 Å². The maximum atomic E-state index is 6.04. The summed E-state index contributed by atoms with van der Waals surface area (Å²) in [7, 11) is -0.561. The first-order valence-corrected chi connectivity index (χ1v) is 17.7. The van der Waals surface area contributed by atoms with E-state index in [0.29, 0.717) is 0 Å². The van der Waals surface area contributed by atoms with Crippen LogP contribution in [-0.2, 0) is 4.43 Å². The Balaban J connectivity index is 2.53. The lowest BCUT2D eigenvalue weighted by atomic mass is 10.3. The summed E-state index contributed by atoms with van der Waals surface area (Å²) < 4.78 is 5.60. The Morgan fingerprint density at radius 1 is 1.58 bits per heavy atom. The summed E-state index contributed by atoms with van der Waals surface area (Å²) in [4.78, 5) is 0. The monoisotopic (exact) mass is 237 g/mol. The summed E-state index contributed by atoms with van der Waals surface area (Å²) >= 11 is 0. The van der Waals surface area contributed by atoms with E-state index >= 15 is 0 Å². The van der Waals surface area contributed by atoms with Crippen molar-refractivity contribution in [2.75, 3.05) is 6.23 Å². The van der Waals surface area contributed by atoms with Gasteiger partial charge in [-0.05, 0) is 6.92 Å². The van der Waals surface area contributed by atoms with E-state index in [9.17, 15) is 0 Å². The lowest BCUT2D eigenvalue weighted by molar-refractivity contribution is 0.399. The van der Waals surface area contributed by atoms with Crippen molar-refractivity contribution < 1.29 is 4.43 Å². The number of rotatable bonds is 2. The van der Waals surface area contributed by atoms with Gasteiger partial charge in [-0.1, -0.05) is 0 Å². The minimum atomic E-state index is -0.949. The van der Waals surface area contributed by atoms with Crippen molar-refractivity contribution >= 4 is 34.7 Å². The minimum absolute atomic E-state index is 0.0224. The van der Waals surface area contributed by atoms with Gasteiger partial charge in [0.25, 0.3) is 0 Å². The van der Waals surface area contributed by atoms with E-state index in [1.54, 1.807) is 0 Å². The molecule has 0 aromatic rings. The van der Waals surface area contributed by atoms with Crippen LogP contribution in [0.2, 0.25) is 0 Å². The Morgan fingerprint density at radius 2 is 2.25 bits per heavy atom. The first-order chi connectivity index (χ1) is 5.55. The van der Waals surface area contributed by atoms with Gasteiger partial charge >= 0.3 is 0 Å². The highest BCUT2D eigenvalue weighted by Gasteiger charge is 2.36. The molecular formula is C4H19N3OSi4. The zero-order valence-electron chi connectivity index (χ0n) is 7.62. The predicted molar refractivity (Wildman–Crippen MR) is 63.5 cm³/mol. The average molecular weight is 238 g/mol. The number of nitrogens with two attached hydrogens (primary N) is 3. The van der Waals surface area contributed by atoms with Gasteiger partial charge in [0, 0.05) is 29.4 Å². The average Bonchev–Trinajstić information content (AvgIpc) is 2.06. The zero-order chi connectivity index (χ0) is 9.19. The van der Waals surface area contributed by atoms with Gasteiger partial charge < -0.3 is 21.6 Å². The fraction of sp³-hybridized carbons (Fsp3) is 1.00. The Labute approximate surface area is 81.2 Å². The van der Waals surface area contributed by atoms with Crippen molar-refractivity contribution in [2.45, 2.75) is 18.3 Å². The third-order valence-corrected chi connectivity index (χ3v) is 39.1. The summed E-state index contributed by atoms with van der Waals surface area (Å²) in [6.45, 7) is 1.93. The van der Waals surface area contributed by atoms with E-state index in [4.69, 9.17) is 21.6 Å². The molecule has 1 rings (SSSR count). The Morgan fingerprint density at radius 3 is 2.67 bits per heavy atom. The fourth-order valence-electron chi connectivity index (χ4n) is 1.51. The maximum absolute atomic E-state index is 6.04. The normalized spacial score (nSPS) is 34.5. The molecule has 8 heteroatoms. The highest BCUT2D eigenvalue weighted by atomic mass is 29.7. The largest absolute Gasteiger partial charge is 0.432 e. The van der Waals surface area contributed by atoms with E-state index in [-0.39, 0.29) is 32.4 Å². The second-order valence-corrected chi connectivity index (χ2v) is 28.1.